The smallest absolute Gasteiger partial charge is 0.250 e. The number of rotatable bonds is 10. The molecule has 0 aromatic heterocycles. The molecule has 0 spiro atoms. The van der Waals surface area contributed by atoms with Crippen molar-refractivity contribution in [2.45, 2.75) is 19.6 Å². The Hall–Kier alpha value is -2.73. The van der Waals surface area contributed by atoms with E-state index < -0.39 is 0 Å². The van der Waals surface area contributed by atoms with Crippen molar-refractivity contribution >= 4 is 23.9 Å². The second-order valence-electron chi connectivity index (χ2n) is 6.29. The SMILES string of the molecule is C=CCOc1ccc(/C=N/NC(=O)CSCc2cc(C)cc(C)c2)cc1OC. The van der Waals surface area contributed by atoms with Crippen LogP contribution in [0.1, 0.15) is 22.3 Å². The first-order valence-electron chi connectivity index (χ1n) is 8.90. The second kappa shape index (κ2) is 11.2. The van der Waals surface area contributed by atoms with Gasteiger partial charge in [0.2, 0.25) is 5.91 Å². The number of hydrogen-bond acceptors (Lipinski definition) is 5. The first kappa shape index (κ1) is 21.6. The van der Waals surface area contributed by atoms with E-state index in [9.17, 15) is 4.79 Å². The van der Waals surface area contributed by atoms with Crippen LogP contribution in [0.2, 0.25) is 0 Å². The molecule has 0 unspecified atom stereocenters. The van der Waals surface area contributed by atoms with Gasteiger partial charge in [-0.15, -0.1) is 11.8 Å². The summed E-state index contributed by atoms with van der Waals surface area (Å²) in [4.78, 5) is 12.0. The highest BCUT2D eigenvalue weighted by Gasteiger charge is 2.05. The van der Waals surface area contributed by atoms with Gasteiger partial charge in [0.05, 0.1) is 19.1 Å². The predicted molar refractivity (Wildman–Crippen MR) is 117 cm³/mol. The minimum Gasteiger partial charge on any atom is -0.493 e. The average Bonchev–Trinajstić information content (AvgIpc) is 2.66. The molecule has 28 heavy (non-hydrogen) atoms. The topological polar surface area (TPSA) is 59.9 Å². The van der Waals surface area contributed by atoms with Gasteiger partial charge in [0.25, 0.3) is 0 Å². The molecule has 0 saturated heterocycles. The minimum atomic E-state index is -0.136. The molecule has 0 aliphatic heterocycles. The first-order chi connectivity index (χ1) is 13.5. The van der Waals surface area contributed by atoms with E-state index in [1.807, 2.05) is 6.07 Å². The third kappa shape index (κ3) is 7.12. The largest absolute Gasteiger partial charge is 0.493 e. The molecule has 6 heteroatoms. The lowest BCUT2D eigenvalue weighted by atomic mass is 10.1. The van der Waals surface area contributed by atoms with Gasteiger partial charge in [-0.3, -0.25) is 4.79 Å². The highest BCUT2D eigenvalue weighted by atomic mass is 32.2. The van der Waals surface area contributed by atoms with E-state index in [0.717, 1.165) is 11.3 Å². The normalized spacial score (nSPS) is 10.7. The molecule has 0 aliphatic rings. The molecule has 0 saturated carbocycles. The second-order valence-corrected chi connectivity index (χ2v) is 7.28. The van der Waals surface area contributed by atoms with Gasteiger partial charge in [-0.05, 0) is 43.2 Å². The number of hydrogen-bond donors (Lipinski definition) is 1. The Kier molecular flexibility index (Phi) is 8.62. The predicted octanol–water partition coefficient (Wildman–Crippen LogP) is 4.26. The van der Waals surface area contributed by atoms with Crippen molar-refractivity contribution in [1.29, 1.82) is 0 Å². The van der Waals surface area contributed by atoms with Crippen LogP contribution in [0.15, 0.2) is 54.2 Å². The van der Waals surface area contributed by atoms with Crippen LogP contribution in [0.4, 0.5) is 0 Å². The number of benzene rings is 2. The maximum atomic E-state index is 12.0. The molecule has 2 aromatic carbocycles. The van der Waals surface area contributed by atoms with Crippen LogP contribution in [-0.4, -0.2) is 31.6 Å². The van der Waals surface area contributed by atoms with Crippen LogP contribution in [0.3, 0.4) is 0 Å². The van der Waals surface area contributed by atoms with Crippen molar-refractivity contribution in [2.24, 2.45) is 5.10 Å². The number of aryl methyl sites for hydroxylation is 2. The zero-order valence-corrected chi connectivity index (χ0v) is 17.3. The minimum absolute atomic E-state index is 0.136. The fourth-order valence-electron chi connectivity index (χ4n) is 2.66. The monoisotopic (exact) mass is 398 g/mol. The summed E-state index contributed by atoms with van der Waals surface area (Å²) in [6.45, 7) is 8.18. The number of nitrogens with zero attached hydrogens (tertiary/aromatic N) is 1. The number of methoxy groups -OCH3 is 1. The Labute approximate surface area is 170 Å². The van der Waals surface area contributed by atoms with E-state index in [0.29, 0.717) is 23.9 Å². The lowest BCUT2D eigenvalue weighted by Crippen LogP contribution is -2.19. The summed E-state index contributed by atoms with van der Waals surface area (Å²) < 4.78 is 10.8. The molecule has 0 atom stereocenters. The summed E-state index contributed by atoms with van der Waals surface area (Å²) in [7, 11) is 1.58. The Bertz CT molecular complexity index is 829. The maximum absolute atomic E-state index is 12.0. The standard InChI is InChI=1S/C22H26N2O3S/c1-5-8-27-20-7-6-18(12-21(20)26-4)13-23-24-22(25)15-28-14-19-10-16(2)9-17(3)11-19/h5-7,9-13H,1,8,14-15H2,2-4H3,(H,24,25)/b23-13+. The van der Waals surface area contributed by atoms with Crippen LogP contribution < -0.4 is 14.9 Å². The highest BCUT2D eigenvalue weighted by Crippen LogP contribution is 2.27. The zero-order chi connectivity index (χ0) is 20.4. The lowest BCUT2D eigenvalue weighted by molar-refractivity contribution is -0.118. The summed E-state index contributed by atoms with van der Waals surface area (Å²) in [5.74, 6) is 2.24. The third-order valence-electron chi connectivity index (χ3n) is 3.73. The van der Waals surface area contributed by atoms with Crippen LogP contribution in [0, 0.1) is 13.8 Å². The Morgan fingerprint density at radius 3 is 2.61 bits per heavy atom. The Morgan fingerprint density at radius 2 is 1.93 bits per heavy atom. The number of hydrazone groups is 1. The molecule has 2 aromatic rings. The van der Waals surface area contributed by atoms with E-state index in [1.54, 1.807) is 43.3 Å². The number of ether oxygens (including phenoxy) is 2. The Balaban J connectivity index is 1.81. The summed E-state index contributed by atoms with van der Waals surface area (Å²) in [6, 6.07) is 11.9. The van der Waals surface area contributed by atoms with Gasteiger partial charge in [-0.1, -0.05) is 42.0 Å². The fourth-order valence-corrected chi connectivity index (χ4v) is 3.41. The molecular formula is C22H26N2O3S. The van der Waals surface area contributed by atoms with Crippen LogP contribution in [0.25, 0.3) is 0 Å². The molecule has 1 amide bonds. The van der Waals surface area contributed by atoms with Crippen LogP contribution >= 0.6 is 11.8 Å². The van der Waals surface area contributed by atoms with E-state index in [4.69, 9.17) is 9.47 Å². The van der Waals surface area contributed by atoms with Gasteiger partial charge in [0.1, 0.15) is 6.61 Å². The molecule has 0 bridgehead atoms. The maximum Gasteiger partial charge on any atom is 0.250 e. The van der Waals surface area contributed by atoms with Gasteiger partial charge in [0.15, 0.2) is 11.5 Å². The number of carbonyl (C=O) groups is 1. The zero-order valence-electron chi connectivity index (χ0n) is 16.5. The molecule has 1 N–H and O–H groups in total. The van der Waals surface area contributed by atoms with Crippen molar-refractivity contribution in [3.8, 4) is 11.5 Å². The summed E-state index contributed by atoms with van der Waals surface area (Å²) in [6.07, 6.45) is 3.24. The Morgan fingerprint density at radius 1 is 1.18 bits per heavy atom. The van der Waals surface area contributed by atoms with Gasteiger partial charge in [-0.2, -0.15) is 5.10 Å². The van der Waals surface area contributed by atoms with E-state index in [2.05, 4.69) is 49.2 Å². The van der Waals surface area contributed by atoms with Gasteiger partial charge < -0.3 is 9.47 Å². The molecule has 0 fully saturated rings. The number of thioether (sulfide) groups is 1. The van der Waals surface area contributed by atoms with Gasteiger partial charge in [-0.25, -0.2) is 5.43 Å². The molecule has 0 aliphatic carbocycles. The molecule has 2 rings (SSSR count). The van der Waals surface area contributed by atoms with E-state index in [1.165, 1.54) is 16.7 Å². The van der Waals surface area contributed by atoms with Crippen molar-refractivity contribution in [2.75, 3.05) is 19.5 Å². The highest BCUT2D eigenvalue weighted by molar-refractivity contribution is 7.99. The van der Waals surface area contributed by atoms with E-state index in [-0.39, 0.29) is 5.91 Å². The summed E-state index contributed by atoms with van der Waals surface area (Å²) in [5.41, 5.74) is 7.05. The fraction of sp³-hybridized carbons (Fsp3) is 0.273. The summed E-state index contributed by atoms with van der Waals surface area (Å²) >= 11 is 1.56. The molecule has 5 nitrogen and oxygen atoms in total. The van der Waals surface area contributed by atoms with Crippen molar-refractivity contribution in [3.05, 3.63) is 71.3 Å². The quantitative estimate of drug-likeness (QED) is 0.369. The van der Waals surface area contributed by atoms with E-state index >= 15 is 0 Å². The molecule has 0 radical (unpaired) electrons. The average molecular weight is 399 g/mol. The first-order valence-corrected chi connectivity index (χ1v) is 10.1. The molecular weight excluding hydrogens is 372 g/mol. The third-order valence-corrected chi connectivity index (χ3v) is 4.73. The number of amides is 1. The summed E-state index contributed by atoms with van der Waals surface area (Å²) in [5, 5.41) is 4.01. The van der Waals surface area contributed by atoms with Gasteiger partial charge >= 0.3 is 0 Å². The lowest BCUT2D eigenvalue weighted by Gasteiger charge is -2.09. The molecule has 148 valence electrons. The van der Waals surface area contributed by atoms with Gasteiger partial charge in [0, 0.05) is 5.75 Å². The van der Waals surface area contributed by atoms with Crippen molar-refractivity contribution < 1.29 is 14.3 Å². The van der Waals surface area contributed by atoms with Crippen LogP contribution in [0.5, 0.6) is 11.5 Å². The van der Waals surface area contributed by atoms with Crippen molar-refractivity contribution in [3.63, 3.8) is 0 Å². The van der Waals surface area contributed by atoms with Crippen molar-refractivity contribution in [1.82, 2.24) is 5.43 Å². The molecule has 0 heterocycles. The number of nitrogens with one attached hydrogen (secondary N) is 1. The van der Waals surface area contributed by atoms with Crippen LogP contribution in [-0.2, 0) is 10.5 Å². The number of carbonyl (C=O) groups excluding carboxylic acids is 1.